The Morgan fingerprint density at radius 2 is 2.06 bits per heavy atom. The van der Waals surface area contributed by atoms with E-state index in [1.807, 2.05) is 0 Å². The lowest BCUT2D eigenvalue weighted by atomic mass is 9.90. The second kappa shape index (κ2) is 4.94. The Hall–Kier alpha value is -0.610. The molecule has 1 amide bonds. The van der Waals surface area contributed by atoms with Gasteiger partial charge in [-0.1, -0.05) is 13.8 Å². The van der Waals surface area contributed by atoms with Crippen LogP contribution in [0.5, 0.6) is 0 Å². The van der Waals surface area contributed by atoms with Crippen molar-refractivity contribution >= 4 is 5.91 Å². The summed E-state index contributed by atoms with van der Waals surface area (Å²) in [7, 11) is 0. The monoisotopic (exact) mass is 241 g/mol. The number of amides is 1. The molecule has 1 aliphatic heterocycles. The molecule has 1 heterocycles. The number of rotatable bonds is 2. The lowest BCUT2D eigenvalue weighted by Gasteiger charge is -2.42. The van der Waals surface area contributed by atoms with Crippen LogP contribution in [0.1, 0.15) is 41.0 Å². The Kier molecular flexibility index (Phi) is 4.20. The van der Waals surface area contributed by atoms with Crippen LogP contribution < -0.4 is 11.1 Å². The molecule has 1 unspecified atom stereocenters. The van der Waals surface area contributed by atoms with Crippen molar-refractivity contribution in [3.8, 4) is 0 Å². The van der Waals surface area contributed by atoms with Crippen LogP contribution in [0.2, 0.25) is 0 Å². The van der Waals surface area contributed by atoms with Crippen LogP contribution in [-0.2, 0) is 4.79 Å². The molecule has 17 heavy (non-hydrogen) atoms. The third-order valence-electron chi connectivity index (χ3n) is 3.32. The Balaban J connectivity index is 3.00. The topological polar surface area (TPSA) is 58.4 Å². The van der Waals surface area contributed by atoms with Crippen molar-refractivity contribution in [2.75, 3.05) is 19.6 Å². The second-order valence-electron chi connectivity index (χ2n) is 6.77. The summed E-state index contributed by atoms with van der Waals surface area (Å²) in [6.07, 6.45) is 0.721. The number of carbonyl (C=O) groups excluding carboxylic acids is 1. The molecule has 0 saturated carbocycles. The average molecular weight is 241 g/mol. The van der Waals surface area contributed by atoms with Crippen LogP contribution in [-0.4, -0.2) is 42.0 Å². The minimum absolute atomic E-state index is 0.0151. The van der Waals surface area contributed by atoms with Crippen LogP contribution in [0.15, 0.2) is 0 Å². The van der Waals surface area contributed by atoms with E-state index in [1.165, 1.54) is 0 Å². The summed E-state index contributed by atoms with van der Waals surface area (Å²) in [4.78, 5) is 14.4. The van der Waals surface area contributed by atoms with Gasteiger partial charge in [0.15, 0.2) is 0 Å². The molecule has 1 atom stereocenters. The summed E-state index contributed by atoms with van der Waals surface area (Å²) in [5, 5.41) is 3.04. The van der Waals surface area contributed by atoms with Gasteiger partial charge in [0.2, 0.25) is 5.91 Å². The lowest BCUT2D eigenvalue weighted by molar-refractivity contribution is -0.127. The quantitative estimate of drug-likeness (QED) is 0.757. The zero-order valence-electron chi connectivity index (χ0n) is 11.8. The van der Waals surface area contributed by atoms with Gasteiger partial charge < -0.3 is 11.1 Å². The molecular formula is C13H27N3O. The van der Waals surface area contributed by atoms with Crippen LogP contribution in [0, 0.1) is 5.41 Å². The molecule has 1 saturated heterocycles. The molecule has 4 nitrogen and oxygen atoms in total. The van der Waals surface area contributed by atoms with Gasteiger partial charge in [-0.25, -0.2) is 0 Å². The Morgan fingerprint density at radius 3 is 2.53 bits per heavy atom. The third kappa shape index (κ3) is 3.68. The lowest BCUT2D eigenvalue weighted by Crippen LogP contribution is -2.54. The predicted molar refractivity (Wildman–Crippen MR) is 70.7 cm³/mol. The number of nitrogens with zero attached hydrogens (tertiary/aromatic N) is 1. The molecule has 1 aliphatic rings. The van der Waals surface area contributed by atoms with Crippen LogP contribution in [0.25, 0.3) is 0 Å². The Bertz CT molecular complexity index is 281. The summed E-state index contributed by atoms with van der Waals surface area (Å²) in [5.74, 6) is 0.121. The van der Waals surface area contributed by atoms with E-state index < -0.39 is 0 Å². The van der Waals surface area contributed by atoms with Gasteiger partial charge >= 0.3 is 0 Å². The van der Waals surface area contributed by atoms with Gasteiger partial charge in [-0.3, -0.25) is 9.69 Å². The molecule has 1 rings (SSSR count). The first kappa shape index (κ1) is 14.5. The van der Waals surface area contributed by atoms with Gasteiger partial charge in [-0.2, -0.15) is 0 Å². The highest BCUT2D eigenvalue weighted by molar-refractivity contribution is 5.82. The summed E-state index contributed by atoms with van der Waals surface area (Å²) < 4.78 is 0. The highest BCUT2D eigenvalue weighted by Gasteiger charge is 2.39. The zero-order valence-corrected chi connectivity index (χ0v) is 11.8. The van der Waals surface area contributed by atoms with Crippen molar-refractivity contribution in [1.29, 1.82) is 0 Å². The fourth-order valence-electron chi connectivity index (χ4n) is 2.36. The van der Waals surface area contributed by atoms with Gasteiger partial charge in [0.25, 0.3) is 0 Å². The third-order valence-corrected chi connectivity index (χ3v) is 3.32. The van der Waals surface area contributed by atoms with Crippen molar-refractivity contribution in [1.82, 2.24) is 10.2 Å². The molecule has 1 fully saturated rings. The van der Waals surface area contributed by atoms with Crippen LogP contribution >= 0.6 is 0 Å². The molecule has 0 radical (unpaired) electrons. The minimum Gasteiger partial charge on any atom is -0.354 e. The highest BCUT2D eigenvalue weighted by Crippen LogP contribution is 2.28. The fraction of sp³-hybridized carbons (Fsp3) is 0.923. The first-order chi connectivity index (χ1) is 7.67. The van der Waals surface area contributed by atoms with Gasteiger partial charge in [-0.05, 0) is 39.2 Å². The Morgan fingerprint density at radius 1 is 1.47 bits per heavy atom. The molecule has 0 bridgehead atoms. The first-order valence-corrected chi connectivity index (χ1v) is 6.42. The summed E-state index contributed by atoms with van der Waals surface area (Å²) in [5.41, 5.74) is 5.73. The molecule has 0 aromatic carbocycles. The maximum Gasteiger partial charge on any atom is 0.237 e. The largest absolute Gasteiger partial charge is 0.354 e. The van der Waals surface area contributed by atoms with Gasteiger partial charge in [0, 0.05) is 18.6 Å². The van der Waals surface area contributed by atoms with E-state index in [2.05, 4.69) is 44.8 Å². The molecule has 3 N–H and O–H groups in total. The molecule has 0 aromatic heterocycles. The smallest absolute Gasteiger partial charge is 0.237 e. The van der Waals surface area contributed by atoms with E-state index in [9.17, 15) is 4.79 Å². The van der Waals surface area contributed by atoms with Crippen molar-refractivity contribution in [2.45, 2.75) is 52.6 Å². The number of nitrogens with two attached hydrogens (primary N) is 1. The predicted octanol–water partition coefficient (Wildman–Crippen LogP) is 0.960. The minimum atomic E-state index is -0.0956. The van der Waals surface area contributed by atoms with Crippen molar-refractivity contribution in [2.24, 2.45) is 11.1 Å². The molecule has 4 heteroatoms. The molecule has 0 aliphatic carbocycles. The van der Waals surface area contributed by atoms with Crippen molar-refractivity contribution < 1.29 is 4.79 Å². The maximum absolute atomic E-state index is 12.1. The molecular weight excluding hydrogens is 214 g/mol. The van der Waals surface area contributed by atoms with Gasteiger partial charge in [-0.15, -0.1) is 0 Å². The summed E-state index contributed by atoms with van der Waals surface area (Å²) in [6, 6.07) is -0.0956. The summed E-state index contributed by atoms with van der Waals surface area (Å²) >= 11 is 0. The van der Waals surface area contributed by atoms with Crippen molar-refractivity contribution in [3.63, 3.8) is 0 Å². The normalized spacial score (nSPS) is 26.5. The van der Waals surface area contributed by atoms with Crippen molar-refractivity contribution in [3.05, 3.63) is 0 Å². The first-order valence-electron chi connectivity index (χ1n) is 6.42. The number of hydrogen-bond donors (Lipinski definition) is 2. The van der Waals surface area contributed by atoms with E-state index in [0.29, 0.717) is 6.54 Å². The van der Waals surface area contributed by atoms with Crippen LogP contribution in [0.3, 0.4) is 0 Å². The van der Waals surface area contributed by atoms with E-state index in [4.69, 9.17) is 5.73 Å². The van der Waals surface area contributed by atoms with Gasteiger partial charge in [0.1, 0.15) is 0 Å². The van der Waals surface area contributed by atoms with Gasteiger partial charge in [0.05, 0.1) is 6.04 Å². The SMILES string of the molecule is CC1(C)CNC(=O)C(CCN)N(C(C)(C)C)C1. The summed E-state index contributed by atoms with van der Waals surface area (Å²) in [6.45, 7) is 13.1. The fourth-order valence-corrected chi connectivity index (χ4v) is 2.36. The zero-order chi connectivity index (χ0) is 13.3. The molecule has 0 spiro atoms. The van der Waals surface area contributed by atoms with E-state index in [0.717, 1.165) is 19.5 Å². The number of hydrogen-bond acceptors (Lipinski definition) is 3. The highest BCUT2D eigenvalue weighted by atomic mass is 16.2. The molecule has 100 valence electrons. The van der Waals surface area contributed by atoms with E-state index in [1.54, 1.807) is 0 Å². The number of carbonyl (C=O) groups is 1. The second-order valence-corrected chi connectivity index (χ2v) is 6.77. The molecule has 0 aromatic rings. The maximum atomic E-state index is 12.1. The van der Waals surface area contributed by atoms with E-state index in [-0.39, 0.29) is 22.9 Å². The standard InChI is InChI=1S/C13H27N3O/c1-12(2,3)16-9-13(4,5)8-15-11(17)10(16)6-7-14/h10H,6-9,14H2,1-5H3,(H,15,17). The average Bonchev–Trinajstić information content (AvgIpc) is 2.28. The Labute approximate surface area is 105 Å². The van der Waals surface area contributed by atoms with Crippen LogP contribution in [0.4, 0.5) is 0 Å². The van der Waals surface area contributed by atoms with E-state index >= 15 is 0 Å². The number of nitrogens with one attached hydrogen (secondary N) is 1.